The smallest absolute Gasteiger partial charge is 0.344 e. The lowest BCUT2D eigenvalue weighted by molar-refractivity contribution is -0.137. The fourth-order valence-electron chi connectivity index (χ4n) is 3.56. The summed E-state index contributed by atoms with van der Waals surface area (Å²) in [5, 5.41) is 3.94. The molecule has 0 bridgehead atoms. The molecule has 1 atom stereocenters. The largest absolute Gasteiger partial charge is 0.497 e. The Bertz CT molecular complexity index is 1230. The van der Waals surface area contributed by atoms with Crippen LogP contribution in [0.4, 0.5) is 4.79 Å². The van der Waals surface area contributed by atoms with Gasteiger partial charge in [-0.2, -0.15) is 5.01 Å². The number of aromatic nitrogens is 2. The molecule has 2 heterocycles. The van der Waals surface area contributed by atoms with Crippen molar-refractivity contribution in [1.82, 2.24) is 25.3 Å². The van der Waals surface area contributed by atoms with Crippen molar-refractivity contribution in [2.45, 2.75) is 31.0 Å². The number of methoxy groups -OCH3 is 1. The van der Waals surface area contributed by atoms with Crippen LogP contribution in [0.5, 0.6) is 5.75 Å². The quantitative estimate of drug-likeness (QED) is 0.379. The summed E-state index contributed by atoms with van der Waals surface area (Å²) in [7, 11) is 1.60. The summed E-state index contributed by atoms with van der Waals surface area (Å²) in [5.41, 5.74) is 4.03. The van der Waals surface area contributed by atoms with Crippen LogP contribution >= 0.6 is 11.8 Å². The van der Waals surface area contributed by atoms with Crippen molar-refractivity contribution in [3.05, 3.63) is 60.8 Å². The fraction of sp³-hybridized carbons (Fsp3) is 0.250. The second kappa shape index (κ2) is 9.60. The van der Waals surface area contributed by atoms with E-state index >= 15 is 0 Å². The monoisotopic (exact) mass is 479 g/mol. The molecule has 0 aliphatic carbocycles. The normalized spacial score (nSPS) is 17.6. The van der Waals surface area contributed by atoms with Gasteiger partial charge >= 0.3 is 6.03 Å². The number of benzene rings is 2. The topological polar surface area (TPSA) is 106 Å². The Kier molecular flexibility index (Phi) is 6.60. The average Bonchev–Trinajstić information content (AvgIpc) is 3.38. The number of carbonyl (C=O) groups excluding carboxylic acids is 3. The van der Waals surface area contributed by atoms with E-state index in [2.05, 4.69) is 15.7 Å². The van der Waals surface area contributed by atoms with Crippen LogP contribution < -0.4 is 15.5 Å². The van der Waals surface area contributed by atoms with Crippen LogP contribution in [0.2, 0.25) is 0 Å². The van der Waals surface area contributed by atoms with E-state index in [4.69, 9.17) is 4.74 Å². The van der Waals surface area contributed by atoms with E-state index in [1.807, 2.05) is 59.2 Å². The summed E-state index contributed by atoms with van der Waals surface area (Å²) in [4.78, 5) is 41.9. The van der Waals surface area contributed by atoms with Crippen molar-refractivity contribution >= 4 is 29.6 Å². The number of hydrazine groups is 1. The third kappa shape index (κ3) is 4.49. The Hall–Kier alpha value is -3.79. The molecule has 0 saturated carbocycles. The Labute approximate surface area is 201 Å². The Morgan fingerprint density at radius 3 is 2.62 bits per heavy atom. The van der Waals surface area contributed by atoms with E-state index in [0.29, 0.717) is 17.3 Å². The maximum absolute atomic E-state index is 12.6. The van der Waals surface area contributed by atoms with Crippen molar-refractivity contribution in [3.63, 3.8) is 0 Å². The number of hydrogen-bond donors (Lipinski definition) is 2. The molecular weight excluding hydrogens is 454 g/mol. The first-order chi connectivity index (χ1) is 16.4. The first-order valence-corrected chi connectivity index (χ1v) is 11.7. The zero-order valence-electron chi connectivity index (χ0n) is 19.1. The average molecular weight is 480 g/mol. The molecule has 4 amide bonds. The molecule has 10 heteroatoms. The van der Waals surface area contributed by atoms with Gasteiger partial charge in [-0.05, 0) is 25.5 Å². The second-order valence-corrected chi connectivity index (χ2v) is 8.85. The Balaban J connectivity index is 1.56. The molecular formula is C24H25N5O4S. The molecule has 1 aromatic heterocycles. The number of amides is 4. The van der Waals surface area contributed by atoms with Gasteiger partial charge in [0.05, 0.1) is 30.4 Å². The van der Waals surface area contributed by atoms with Crippen LogP contribution in [0, 0.1) is 0 Å². The molecule has 0 radical (unpaired) electrons. The minimum absolute atomic E-state index is 0.0465. The number of rotatable bonds is 8. The molecule has 3 aromatic rings. The number of imidazole rings is 1. The first-order valence-electron chi connectivity index (χ1n) is 10.7. The van der Waals surface area contributed by atoms with E-state index in [9.17, 15) is 14.4 Å². The summed E-state index contributed by atoms with van der Waals surface area (Å²) in [6.07, 6.45) is 2.16. The number of imide groups is 1. The molecule has 4 rings (SSSR count). The molecule has 176 valence electrons. The zero-order valence-corrected chi connectivity index (χ0v) is 19.9. The van der Waals surface area contributed by atoms with E-state index < -0.39 is 23.4 Å². The van der Waals surface area contributed by atoms with Crippen LogP contribution in [-0.4, -0.2) is 50.8 Å². The predicted molar refractivity (Wildman–Crippen MR) is 128 cm³/mol. The zero-order chi connectivity index (χ0) is 24.3. The molecule has 9 nitrogen and oxygen atoms in total. The lowest BCUT2D eigenvalue weighted by atomic mass is 10.00. The summed E-state index contributed by atoms with van der Waals surface area (Å²) in [5.74, 6) is -0.330. The maximum atomic E-state index is 12.6. The number of nitrogens with one attached hydrogen (secondary N) is 2. The molecule has 1 aliphatic rings. The SMILES string of the molecule is CC[C@]1(C)NC(=O)N(NC(=O)CSc2ncc(-c3ccccc3)n2-c2cccc(OC)c2)C1=O. The third-order valence-electron chi connectivity index (χ3n) is 5.65. The highest BCUT2D eigenvalue weighted by Gasteiger charge is 2.47. The van der Waals surface area contributed by atoms with Gasteiger partial charge in [0.25, 0.3) is 5.91 Å². The van der Waals surface area contributed by atoms with Crippen LogP contribution in [0.25, 0.3) is 16.9 Å². The number of hydrogen-bond acceptors (Lipinski definition) is 6. The minimum atomic E-state index is -1.02. The summed E-state index contributed by atoms with van der Waals surface area (Å²) >= 11 is 1.20. The van der Waals surface area contributed by atoms with Gasteiger partial charge < -0.3 is 10.1 Å². The molecule has 1 fully saturated rings. The summed E-state index contributed by atoms with van der Waals surface area (Å²) in [6, 6.07) is 16.7. The number of carbonyl (C=O) groups is 3. The maximum Gasteiger partial charge on any atom is 0.344 e. The van der Waals surface area contributed by atoms with Gasteiger partial charge in [0.1, 0.15) is 11.3 Å². The molecule has 0 unspecified atom stereocenters. The van der Waals surface area contributed by atoms with Gasteiger partial charge in [-0.25, -0.2) is 9.78 Å². The molecule has 2 N–H and O–H groups in total. The lowest BCUT2D eigenvalue weighted by Gasteiger charge is -2.19. The molecule has 0 spiro atoms. The second-order valence-electron chi connectivity index (χ2n) is 7.91. The van der Waals surface area contributed by atoms with Gasteiger partial charge in [0.2, 0.25) is 5.91 Å². The summed E-state index contributed by atoms with van der Waals surface area (Å²) < 4.78 is 7.32. The van der Waals surface area contributed by atoms with Crippen LogP contribution in [0.3, 0.4) is 0 Å². The number of nitrogens with zero attached hydrogens (tertiary/aromatic N) is 3. The van der Waals surface area contributed by atoms with Gasteiger partial charge in [-0.15, -0.1) is 0 Å². The number of thioether (sulfide) groups is 1. The van der Waals surface area contributed by atoms with Crippen molar-refractivity contribution in [1.29, 1.82) is 0 Å². The number of urea groups is 1. The molecule has 1 saturated heterocycles. The Morgan fingerprint density at radius 1 is 1.18 bits per heavy atom. The molecule has 2 aromatic carbocycles. The molecule has 34 heavy (non-hydrogen) atoms. The standard InChI is InChI=1S/C24H25N5O4S/c1-4-24(2)21(31)29(22(32)26-24)27-20(30)15-34-23-25-14-19(16-9-6-5-7-10-16)28(23)17-11-8-12-18(13-17)33-3/h5-14H,4,15H2,1-3H3,(H,26,32)(H,27,30)/t24-/m0/s1. The first kappa shape index (κ1) is 23.4. The highest BCUT2D eigenvalue weighted by Crippen LogP contribution is 2.31. The van der Waals surface area contributed by atoms with Gasteiger partial charge in [-0.3, -0.25) is 19.6 Å². The number of ether oxygens (including phenoxy) is 1. The molecule has 1 aliphatic heterocycles. The van der Waals surface area contributed by atoms with Crippen molar-refractivity contribution in [2.75, 3.05) is 12.9 Å². The van der Waals surface area contributed by atoms with Crippen LogP contribution in [0.1, 0.15) is 20.3 Å². The van der Waals surface area contributed by atoms with Crippen molar-refractivity contribution in [3.8, 4) is 22.7 Å². The van der Waals surface area contributed by atoms with Gasteiger partial charge in [0.15, 0.2) is 5.16 Å². The van der Waals surface area contributed by atoms with E-state index in [0.717, 1.165) is 22.0 Å². The Morgan fingerprint density at radius 2 is 1.94 bits per heavy atom. The van der Waals surface area contributed by atoms with Crippen LogP contribution in [-0.2, 0) is 9.59 Å². The van der Waals surface area contributed by atoms with Crippen molar-refractivity contribution < 1.29 is 19.1 Å². The lowest BCUT2D eigenvalue weighted by Crippen LogP contribution is -2.49. The van der Waals surface area contributed by atoms with Gasteiger partial charge in [-0.1, -0.05) is 55.1 Å². The van der Waals surface area contributed by atoms with Crippen molar-refractivity contribution in [2.24, 2.45) is 0 Å². The van der Waals surface area contributed by atoms with Gasteiger partial charge in [0, 0.05) is 11.6 Å². The predicted octanol–water partition coefficient (Wildman–Crippen LogP) is 3.39. The van der Waals surface area contributed by atoms with E-state index in [-0.39, 0.29) is 5.75 Å². The fourth-order valence-corrected chi connectivity index (χ4v) is 4.35. The third-order valence-corrected chi connectivity index (χ3v) is 6.60. The van der Waals surface area contributed by atoms with E-state index in [1.54, 1.807) is 27.2 Å². The highest BCUT2D eigenvalue weighted by molar-refractivity contribution is 7.99. The highest BCUT2D eigenvalue weighted by atomic mass is 32.2. The van der Waals surface area contributed by atoms with E-state index in [1.165, 1.54) is 11.8 Å². The minimum Gasteiger partial charge on any atom is -0.497 e. The van der Waals surface area contributed by atoms with Crippen LogP contribution in [0.15, 0.2) is 66.0 Å². The summed E-state index contributed by atoms with van der Waals surface area (Å²) in [6.45, 7) is 3.42.